The van der Waals surface area contributed by atoms with Crippen LogP contribution in [0.25, 0.3) is 0 Å². The zero-order valence-electron chi connectivity index (χ0n) is 13.6. The molecule has 1 heterocycles. The molecular weight excluding hydrogens is 286 g/mol. The lowest BCUT2D eigenvalue weighted by atomic mass is 10.0. The summed E-state index contributed by atoms with van der Waals surface area (Å²) in [6, 6.07) is 15.5. The molecule has 0 saturated carbocycles. The van der Waals surface area contributed by atoms with Crippen LogP contribution in [-0.4, -0.2) is 24.9 Å². The van der Waals surface area contributed by atoms with E-state index in [2.05, 4.69) is 6.07 Å². The van der Waals surface area contributed by atoms with Gasteiger partial charge in [0.05, 0.1) is 6.07 Å². The highest BCUT2D eigenvalue weighted by Gasteiger charge is 2.37. The predicted molar refractivity (Wildman–Crippen MR) is 90.2 cm³/mol. The van der Waals surface area contributed by atoms with Crippen molar-refractivity contribution >= 4 is 11.6 Å². The summed E-state index contributed by atoms with van der Waals surface area (Å²) in [7, 11) is 3.98. The highest BCUT2D eigenvalue weighted by Crippen LogP contribution is 2.36. The van der Waals surface area contributed by atoms with E-state index in [9.17, 15) is 10.1 Å². The first kappa shape index (κ1) is 15.1. The van der Waals surface area contributed by atoms with Gasteiger partial charge in [-0.15, -0.1) is 0 Å². The van der Waals surface area contributed by atoms with Crippen molar-refractivity contribution in [2.45, 2.75) is 19.5 Å². The van der Waals surface area contributed by atoms with Crippen LogP contribution in [0.3, 0.4) is 0 Å². The molecule has 2 aromatic carbocycles. The molecule has 1 aliphatic rings. The molecule has 0 radical (unpaired) electrons. The maximum absolute atomic E-state index is 12.7. The van der Waals surface area contributed by atoms with Crippen molar-refractivity contribution in [1.82, 2.24) is 4.90 Å². The van der Waals surface area contributed by atoms with Gasteiger partial charge < -0.3 is 9.80 Å². The van der Waals surface area contributed by atoms with Crippen LogP contribution >= 0.6 is 0 Å². The number of nitriles is 1. The predicted octanol–water partition coefficient (Wildman–Crippen LogP) is 3.28. The first-order valence-corrected chi connectivity index (χ1v) is 7.59. The van der Waals surface area contributed by atoms with Gasteiger partial charge in [-0.3, -0.25) is 4.79 Å². The fourth-order valence-corrected chi connectivity index (χ4v) is 3.04. The van der Waals surface area contributed by atoms with Crippen molar-refractivity contribution in [2.24, 2.45) is 0 Å². The molecule has 0 spiro atoms. The summed E-state index contributed by atoms with van der Waals surface area (Å²) >= 11 is 0. The average Bonchev–Trinajstić information content (AvgIpc) is 2.81. The Balaban J connectivity index is 1.90. The fourth-order valence-electron chi connectivity index (χ4n) is 3.04. The van der Waals surface area contributed by atoms with E-state index in [0.29, 0.717) is 12.1 Å². The van der Waals surface area contributed by atoms with Crippen LogP contribution in [0.1, 0.15) is 33.1 Å². The topological polar surface area (TPSA) is 47.3 Å². The number of aryl methyl sites for hydroxylation is 1. The largest absolute Gasteiger partial charge is 0.378 e. The van der Waals surface area contributed by atoms with E-state index in [4.69, 9.17) is 0 Å². The lowest BCUT2D eigenvalue weighted by Crippen LogP contribution is -2.27. The molecule has 4 nitrogen and oxygen atoms in total. The van der Waals surface area contributed by atoms with Gasteiger partial charge in [0.1, 0.15) is 6.04 Å². The van der Waals surface area contributed by atoms with Crippen molar-refractivity contribution in [3.05, 3.63) is 64.7 Å². The third-order valence-corrected chi connectivity index (χ3v) is 4.31. The highest BCUT2D eigenvalue weighted by atomic mass is 16.2. The van der Waals surface area contributed by atoms with Crippen molar-refractivity contribution in [2.75, 3.05) is 19.0 Å². The van der Waals surface area contributed by atoms with E-state index in [0.717, 1.165) is 22.4 Å². The minimum absolute atomic E-state index is 0.0543. The molecule has 2 aromatic rings. The van der Waals surface area contributed by atoms with E-state index in [-0.39, 0.29) is 5.91 Å². The summed E-state index contributed by atoms with van der Waals surface area (Å²) in [5.41, 5.74) is 4.57. The number of carbonyl (C=O) groups is 1. The Morgan fingerprint density at radius 2 is 1.87 bits per heavy atom. The number of hydrogen-bond donors (Lipinski definition) is 0. The molecule has 0 aliphatic carbocycles. The Hall–Kier alpha value is -2.80. The van der Waals surface area contributed by atoms with Gasteiger partial charge >= 0.3 is 0 Å². The molecule has 116 valence electrons. The maximum atomic E-state index is 12.7. The third kappa shape index (κ3) is 2.55. The molecule has 1 unspecified atom stereocenters. The third-order valence-electron chi connectivity index (χ3n) is 4.31. The molecule has 1 aliphatic heterocycles. The number of amides is 1. The molecule has 1 amide bonds. The summed E-state index contributed by atoms with van der Waals surface area (Å²) in [4.78, 5) is 16.4. The Kier molecular flexibility index (Phi) is 3.79. The lowest BCUT2D eigenvalue weighted by molar-refractivity contribution is 0.0744. The summed E-state index contributed by atoms with van der Waals surface area (Å²) < 4.78 is 0. The van der Waals surface area contributed by atoms with Crippen LogP contribution in [0.4, 0.5) is 5.69 Å². The van der Waals surface area contributed by atoms with Crippen molar-refractivity contribution < 1.29 is 4.79 Å². The van der Waals surface area contributed by atoms with Gasteiger partial charge in [-0.05, 0) is 30.2 Å². The monoisotopic (exact) mass is 305 g/mol. The van der Waals surface area contributed by atoms with Gasteiger partial charge in [0.25, 0.3) is 5.91 Å². The van der Waals surface area contributed by atoms with Crippen molar-refractivity contribution in [3.63, 3.8) is 0 Å². The van der Waals surface area contributed by atoms with E-state index in [1.54, 1.807) is 4.90 Å². The minimum Gasteiger partial charge on any atom is -0.378 e. The van der Waals surface area contributed by atoms with Crippen LogP contribution in [0.5, 0.6) is 0 Å². The molecule has 0 aromatic heterocycles. The molecule has 3 rings (SSSR count). The number of hydrogen-bond acceptors (Lipinski definition) is 3. The Bertz CT molecular complexity index is 787. The normalized spacial score (nSPS) is 16.2. The second kappa shape index (κ2) is 5.77. The fraction of sp³-hybridized carbons (Fsp3) is 0.263. The zero-order chi connectivity index (χ0) is 16.6. The Morgan fingerprint density at radius 3 is 2.48 bits per heavy atom. The summed E-state index contributed by atoms with van der Waals surface area (Å²) in [6.45, 7) is 2.36. The maximum Gasteiger partial charge on any atom is 0.256 e. The van der Waals surface area contributed by atoms with Crippen LogP contribution in [0.2, 0.25) is 0 Å². The molecular formula is C19H19N3O. The minimum atomic E-state index is -0.508. The van der Waals surface area contributed by atoms with Gasteiger partial charge in [-0.25, -0.2) is 0 Å². The molecule has 0 saturated heterocycles. The molecule has 1 atom stereocenters. The Morgan fingerprint density at radius 1 is 1.17 bits per heavy atom. The number of rotatable bonds is 3. The van der Waals surface area contributed by atoms with E-state index in [1.807, 2.05) is 68.4 Å². The van der Waals surface area contributed by atoms with Crippen molar-refractivity contribution in [1.29, 1.82) is 5.26 Å². The molecule has 0 N–H and O–H groups in total. The smallest absolute Gasteiger partial charge is 0.256 e. The zero-order valence-corrected chi connectivity index (χ0v) is 13.6. The second-order valence-corrected chi connectivity index (χ2v) is 6.06. The second-order valence-electron chi connectivity index (χ2n) is 6.06. The van der Waals surface area contributed by atoms with Crippen LogP contribution < -0.4 is 4.90 Å². The molecule has 0 bridgehead atoms. The lowest BCUT2D eigenvalue weighted by Gasteiger charge is -2.21. The van der Waals surface area contributed by atoms with Crippen LogP contribution in [-0.2, 0) is 6.54 Å². The summed E-state index contributed by atoms with van der Waals surface area (Å²) in [5.74, 6) is -0.0543. The molecule has 23 heavy (non-hydrogen) atoms. The number of carbonyl (C=O) groups excluding carboxylic acids is 1. The number of benzene rings is 2. The molecule has 4 heteroatoms. The number of fused-ring (bicyclic) bond motifs is 1. The SMILES string of the molecule is Cc1cccc2c1C(=O)N(Cc1ccc(N(C)C)cc1)C2C#N. The van der Waals surface area contributed by atoms with Gasteiger partial charge in [-0.1, -0.05) is 30.3 Å². The van der Waals surface area contributed by atoms with Crippen LogP contribution in [0, 0.1) is 18.3 Å². The highest BCUT2D eigenvalue weighted by molar-refractivity contribution is 6.01. The van der Waals surface area contributed by atoms with E-state index < -0.39 is 6.04 Å². The molecule has 0 fully saturated rings. The van der Waals surface area contributed by atoms with E-state index in [1.165, 1.54) is 0 Å². The van der Waals surface area contributed by atoms with Crippen LogP contribution in [0.15, 0.2) is 42.5 Å². The van der Waals surface area contributed by atoms with Gasteiger partial charge in [-0.2, -0.15) is 5.26 Å². The quantitative estimate of drug-likeness (QED) is 0.874. The first-order chi connectivity index (χ1) is 11.0. The summed E-state index contributed by atoms with van der Waals surface area (Å²) in [6.07, 6.45) is 0. The average molecular weight is 305 g/mol. The van der Waals surface area contributed by atoms with Crippen molar-refractivity contribution in [3.8, 4) is 6.07 Å². The first-order valence-electron chi connectivity index (χ1n) is 7.59. The number of anilines is 1. The van der Waals surface area contributed by atoms with E-state index >= 15 is 0 Å². The van der Waals surface area contributed by atoms with Gasteiger partial charge in [0, 0.05) is 37.5 Å². The number of nitrogens with zero attached hydrogens (tertiary/aromatic N) is 3. The Labute approximate surface area is 136 Å². The summed E-state index contributed by atoms with van der Waals surface area (Å²) in [5, 5.41) is 9.54. The van der Waals surface area contributed by atoms with Gasteiger partial charge in [0.2, 0.25) is 0 Å². The standard InChI is InChI=1S/C19H19N3O/c1-13-5-4-6-16-17(11-20)22(19(23)18(13)16)12-14-7-9-15(10-8-14)21(2)3/h4-10,17H,12H2,1-3H3. The van der Waals surface area contributed by atoms with Gasteiger partial charge in [0.15, 0.2) is 0 Å².